The third-order valence-corrected chi connectivity index (χ3v) is 3.21. The third-order valence-electron chi connectivity index (χ3n) is 2.49. The number of hydrogen-bond acceptors (Lipinski definition) is 3. The zero-order valence-electron chi connectivity index (χ0n) is 10.6. The molecule has 0 amide bonds. The highest BCUT2D eigenvalue weighted by atomic mass is 35.5. The molecule has 0 fully saturated rings. The van der Waals surface area contributed by atoms with Crippen LogP contribution >= 0.6 is 23.2 Å². The maximum Gasteiger partial charge on any atom is 0.0640 e. The lowest BCUT2D eigenvalue weighted by atomic mass is 10.1. The zero-order chi connectivity index (χ0) is 13.7. The second kappa shape index (κ2) is 6.72. The van der Waals surface area contributed by atoms with Crippen LogP contribution in [0.3, 0.4) is 0 Å². The number of nitrogens with zero attached hydrogens (tertiary/aromatic N) is 2. The minimum absolute atomic E-state index is 0.447. The van der Waals surface area contributed by atoms with Gasteiger partial charge in [0.2, 0.25) is 0 Å². The molecule has 3 nitrogen and oxygen atoms in total. The molecule has 0 bridgehead atoms. The largest absolute Gasteiger partial charge is 0.397 e. The maximum absolute atomic E-state index is 8.71. The predicted octanol–water partition coefficient (Wildman–Crippen LogP) is 3.95. The molecule has 0 atom stereocenters. The van der Waals surface area contributed by atoms with Crippen molar-refractivity contribution in [2.24, 2.45) is 5.92 Å². The Labute approximate surface area is 118 Å². The summed E-state index contributed by atoms with van der Waals surface area (Å²) in [4.78, 5) is 2.07. The minimum atomic E-state index is 0.447. The molecule has 18 heavy (non-hydrogen) atoms. The number of nitrogens with two attached hydrogens (primary N) is 1. The van der Waals surface area contributed by atoms with E-state index in [2.05, 4.69) is 24.8 Å². The summed E-state index contributed by atoms with van der Waals surface area (Å²) in [6, 6.07) is 5.56. The van der Waals surface area contributed by atoms with Gasteiger partial charge in [-0.3, -0.25) is 0 Å². The second-order valence-electron chi connectivity index (χ2n) is 4.57. The molecule has 0 unspecified atom stereocenters. The van der Waals surface area contributed by atoms with Crippen molar-refractivity contribution < 1.29 is 0 Å². The first kappa shape index (κ1) is 14.9. The smallest absolute Gasteiger partial charge is 0.0640 e. The van der Waals surface area contributed by atoms with Gasteiger partial charge in [-0.2, -0.15) is 5.26 Å². The number of rotatable bonds is 5. The number of benzene rings is 1. The zero-order valence-corrected chi connectivity index (χ0v) is 12.1. The van der Waals surface area contributed by atoms with Crippen LogP contribution in [-0.2, 0) is 0 Å². The SMILES string of the molecule is CC(C)CN(CCC#N)c1cc(Cl)c(Cl)cc1N. The van der Waals surface area contributed by atoms with Crippen LogP contribution in [-0.4, -0.2) is 13.1 Å². The molecule has 0 aromatic heterocycles. The fourth-order valence-electron chi connectivity index (χ4n) is 1.76. The number of hydrogen-bond donors (Lipinski definition) is 1. The van der Waals surface area contributed by atoms with Gasteiger partial charge in [0.05, 0.1) is 33.9 Å². The summed E-state index contributed by atoms with van der Waals surface area (Å²) in [7, 11) is 0. The molecule has 0 heterocycles. The van der Waals surface area contributed by atoms with Crippen LogP contribution in [0.5, 0.6) is 0 Å². The topological polar surface area (TPSA) is 53.0 Å². The quantitative estimate of drug-likeness (QED) is 0.834. The molecule has 0 aliphatic rings. The van der Waals surface area contributed by atoms with Crippen molar-refractivity contribution in [3.63, 3.8) is 0 Å². The van der Waals surface area contributed by atoms with Gasteiger partial charge in [-0.1, -0.05) is 37.0 Å². The van der Waals surface area contributed by atoms with Gasteiger partial charge in [0.15, 0.2) is 0 Å². The molecular formula is C13H17Cl2N3. The van der Waals surface area contributed by atoms with Gasteiger partial charge >= 0.3 is 0 Å². The van der Waals surface area contributed by atoms with Crippen molar-refractivity contribution in [2.75, 3.05) is 23.7 Å². The van der Waals surface area contributed by atoms with Crippen molar-refractivity contribution in [3.8, 4) is 6.07 Å². The van der Waals surface area contributed by atoms with E-state index in [0.29, 0.717) is 34.6 Å². The molecule has 0 spiro atoms. The van der Waals surface area contributed by atoms with Crippen LogP contribution < -0.4 is 10.6 Å². The molecule has 98 valence electrons. The van der Waals surface area contributed by atoms with Crippen molar-refractivity contribution in [1.29, 1.82) is 5.26 Å². The molecule has 2 N–H and O–H groups in total. The molecule has 1 aromatic rings. The number of anilines is 2. The Bertz CT molecular complexity index is 452. The van der Waals surface area contributed by atoms with Gasteiger partial charge in [-0.05, 0) is 18.1 Å². The van der Waals surface area contributed by atoms with E-state index in [-0.39, 0.29) is 0 Å². The Morgan fingerprint density at radius 2 is 1.94 bits per heavy atom. The fraction of sp³-hybridized carbons (Fsp3) is 0.462. The Morgan fingerprint density at radius 3 is 2.50 bits per heavy atom. The lowest BCUT2D eigenvalue weighted by Gasteiger charge is -2.27. The van der Waals surface area contributed by atoms with Gasteiger partial charge in [0.1, 0.15) is 0 Å². The van der Waals surface area contributed by atoms with Gasteiger partial charge in [-0.25, -0.2) is 0 Å². The van der Waals surface area contributed by atoms with Gasteiger partial charge in [0.25, 0.3) is 0 Å². The average Bonchev–Trinajstić information content (AvgIpc) is 2.29. The highest BCUT2D eigenvalue weighted by Gasteiger charge is 2.13. The van der Waals surface area contributed by atoms with E-state index in [1.807, 2.05) is 0 Å². The number of nitriles is 1. The highest BCUT2D eigenvalue weighted by Crippen LogP contribution is 2.33. The summed E-state index contributed by atoms with van der Waals surface area (Å²) in [5.74, 6) is 0.470. The molecule has 0 saturated heterocycles. The summed E-state index contributed by atoms with van der Waals surface area (Å²) < 4.78 is 0. The van der Waals surface area contributed by atoms with E-state index < -0.39 is 0 Å². The monoisotopic (exact) mass is 285 g/mol. The molecular weight excluding hydrogens is 269 g/mol. The van der Waals surface area contributed by atoms with Crippen molar-refractivity contribution >= 4 is 34.6 Å². The molecule has 5 heteroatoms. The van der Waals surface area contributed by atoms with E-state index in [1.54, 1.807) is 12.1 Å². The van der Waals surface area contributed by atoms with E-state index in [9.17, 15) is 0 Å². The first-order chi connectivity index (χ1) is 8.45. The summed E-state index contributed by atoms with van der Waals surface area (Å²) in [5, 5.41) is 9.63. The van der Waals surface area contributed by atoms with E-state index >= 15 is 0 Å². The fourth-order valence-corrected chi connectivity index (χ4v) is 2.09. The Morgan fingerprint density at radius 1 is 1.33 bits per heavy atom. The summed E-state index contributed by atoms with van der Waals surface area (Å²) >= 11 is 11.9. The Balaban J connectivity index is 3.04. The lowest BCUT2D eigenvalue weighted by molar-refractivity contribution is 0.612. The maximum atomic E-state index is 8.71. The summed E-state index contributed by atoms with van der Waals surface area (Å²) in [5.41, 5.74) is 7.40. The third kappa shape index (κ3) is 3.97. The van der Waals surface area contributed by atoms with Crippen LogP contribution in [0.25, 0.3) is 0 Å². The van der Waals surface area contributed by atoms with Crippen LogP contribution in [0.4, 0.5) is 11.4 Å². The van der Waals surface area contributed by atoms with Crippen LogP contribution in [0, 0.1) is 17.2 Å². The van der Waals surface area contributed by atoms with Crippen molar-refractivity contribution in [3.05, 3.63) is 22.2 Å². The lowest BCUT2D eigenvalue weighted by Crippen LogP contribution is -2.29. The molecule has 0 aliphatic carbocycles. The van der Waals surface area contributed by atoms with Crippen LogP contribution in [0.1, 0.15) is 20.3 Å². The van der Waals surface area contributed by atoms with Crippen LogP contribution in [0.15, 0.2) is 12.1 Å². The molecule has 1 aromatic carbocycles. The number of nitrogen functional groups attached to an aromatic ring is 1. The average molecular weight is 286 g/mol. The summed E-state index contributed by atoms with van der Waals surface area (Å²) in [6.45, 7) is 5.70. The van der Waals surface area contributed by atoms with Crippen molar-refractivity contribution in [1.82, 2.24) is 0 Å². The van der Waals surface area contributed by atoms with E-state index in [1.165, 1.54) is 0 Å². The second-order valence-corrected chi connectivity index (χ2v) is 5.39. The van der Waals surface area contributed by atoms with Crippen molar-refractivity contribution in [2.45, 2.75) is 20.3 Å². The van der Waals surface area contributed by atoms with Gasteiger partial charge in [-0.15, -0.1) is 0 Å². The molecule has 0 saturated carbocycles. The number of halogens is 2. The first-order valence-electron chi connectivity index (χ1n) is 5.82. The highest BCUT2D eigenvalue weighted by molar-refractivity contribution is 6.42. The van der Waals surface area contributed by atoms with Crippen LogP contribution in [0.2, 0.25) is 10.0 Å². The first-order valence-corrected chi connectivity index (χ1v) is 6.57. The normalized spacial score (nSPS) is 10.4. The van der Waals surface area contributed by atoms with Gasteiger partial charge < -0.3 is 10.6 Å². The van der Waals surface area contributed by atoms with E-state index in [4.69, 9.17) is 34.2 Å². The minimum Gasteiger partial charge on any atom is -0.397 e. The molecule has 0 aliphatic heterocycles. The molecule has 1 rings (SSSR count). The van der Waals surface area contributed by atoms with E-state index in [0.717, 1.165) is 12.2 Å². The Kier molecular flexibility index (Phi) is 5.58. The predicted molar refractivity (Wildman–Crippen MR) is 78.2 cm³/mol. The van der Waals surface area contributed by atoms with Gasteiger partial charge in [0, 0.05) is 13.1 Å². The molecule has 0 radical (unpaired) electrons. The Hall–Kier alpha value is -1.11. The standard InChI is InChI=1S/C13H17Cl2N3/c1-9(2)8-18(5-3-4-16)13-7-11(15)10(14)6-12(13)17/h6-7,9H,3,5,8,17H2,1-2H3. The summed E-state index contributed by atoms with van der Waals surface area (Å²) in [6.07, 6.45) is 0.451.